The van der Waals surface area contributed by atoms with Gasteiger partial charge in [-0.25, -0.2) is 0 Å². The van der Waals surface area contributed by atoms with Gasteiger partial charge < -0.3 is 19.9 Å². The summed E-state index contributed by atoms with van der Waals surface area (Å²) in [5, 5.41) is 0. The van der Waals surface area contributed by atoms with Crippen LogP contribution in [0, 0.1) is 0 Å². The van der Waals surface area contributed by atoms with Crippen molar-refractivity contribution < 1.29 is 14.2 Å². The Morgan fingerprint density at radius 1 is 1.06 bits per heavy atom. The van der Waals surface area contributed by atoms with Crippen molar-refractivity contribution in [3.8, 4) is 11.5 Å². The number of ether oxygens (including phenoxy) is 3. The Bertz CT molecular complexity index is 368. The molecule has 0 amide bonds. The number of hydrogen-bond acceptors (Lipinski definition) is 4. The summed E-state index contributed by atoms with van der Waals surface area (Å²) in [5.41, 5.74) is 6.56. The topological polar surface area (TPSA) is 53.7 Å². The van der Waals surface area contributed by atoms with Crippen LogP contribution in [-0.4, -0.2) is 19.9 Å². The van der Waals surface area contributed by atoms with Crippen molar-refractivity contribution in [1.82, 2.24) is 0 Å². The van der Waals surface area contributed by atoms with Crippen molar-refractivity contribution in [2.75, 3.05) is 19.9 Å². The molecule has 0 saturated heterocycles. The van der Waals surface area contributed by atoms with Crippen LogP contribution < -0.4 is 15.2 Å². The molecular formula is C14H21NO3. The number of hydrogen-bond donors (Lipinski definition) is 1. The first-order valence-electron chi connectivity index (χ1n) is 6.56. The molecule has 0 aliphatic carbocycles. The highest BCUT2D eigenvalue weighted by Gasteiger charge is 2.12. The molecule has 0 radical (unpaired) electrons. The van der Waals surface area contributed by atoms with E-state index in [0.29, 0.717) is 13.4 Å². The van der Waals surface area contributed by atoms with Gasteiger partial charge in [-0.2, -0.15) is 0 Å². The number of benzene rings is 1. The lowest BCUT2D eigenvalue weighted by Crippen LogP contribution is -1.99. The summed E-state index contributed by atoms with van der Waals surface area (Å²) in [6.07, 6.45) is 4.61. The molecule has 2 rings (SSSR count). The summed E-state index contributed by atoms with van der Waals surface area (Å²) in [5.74, 6) is 1.64. The lowest BCUT2D eigenvalue weighted by Gasteiger charge is -2.05. The van der Waals surface area contributed by atoms with Gasteiger partial charge in [0.25, 0.3) is 0 Å². The molecule has 1 heterocycles. The van der Waals surface area contributed by atoms with Gasteiger partial charge in [0.05, 0.1) is 6.61 Å². The van der Waals surface area contributed by atoms with E-state index < -0.39 is 0 Å². The molecule has 1 aliphatic heterocycles. The summed E-state index contributed by atoms with van der Waals surface area (Å²) < 4.78 is 16.2. The second kappa shape index (κ2) is 7.24. The van der Waals surface area contributed by atoms with E-state index in [1.807, 2.05) is 18.2 Å². The molecule has 2 N–H and O–H groups in total. The Hall–Kier alpha value is -1.26. The van der Waals surface area contributed by atoms with E-state index in [2.05, 4.69) is 0 Å². The Morgan fingerprint density at radius 3 is 2.78 bits per heavy atom. The molecule has 1 aromatic carbocycles. The van der Waals surface area contributed by atoms with Crippen LogP contribution >= 0.6 is 0 Å². The van der Waals surface area contributed by atoms with Crippen LogP contribution in [-0.2, 0) is 11.3 Å². The molecule has 4 nitrogen and oxygen atoms in total. The molecule has 0 fully saturated rings. The fourth-order valence-electron chi connectivity index (χ4n) is 1.92. The van der Waals surface area contributed by atoms with Gasteiger partial charge in [-0.1, -0.05) is 18.9 Å². The van der Waals surface area contributed by atoms with Crippen LogP contribution in [0.1, 0.15) is 31.2 Å². The van der Waals surface area contributed by atoms with Crippen molar-refractivity contribution in [2.24, 2.45) is 5.73 Å². The second-order valence-electron chi connectivity index (χ2n) is 4.44. The van der Waals surface area contributed by atoms with Crippen LogP contribution in [0.4, 0.5) is 0 Å². The minimum Gasteiger partial charge on any atom is -0.454 e. The van der Waals surface area contributed by atoms with Crippen molar-refractivity contribution in [3.05, 3.63) is 23.8 Å². The molecule has 0 saturated carbocycles. The molecule has 1 aliphatic rings. The Kier molecular flexibility index (Phi) is 5.30. The Labute approximate surface area is 108 Å². The first-order chi connectivity index (χ1) is 8.90. The van der Waals surface area contributed by atoms with Gasteiger partial charge in [0, 0.05) is 6.61 Å². The first kappa shape index (κ1) is 13.2. The Balaban J connectivity index is 1.62. The third-order valence-corrected chi connectivity index (χ3v) is 2.95. The minimum absolute atomic E-state index is 0.320. The van der Waals surface area contributed by atoms with E-state index in [0.717, 1.165) is 43.1 Å². The van der Waals surface area contributed by atoms with E-state index in [1.54, 1.807) is 0 Å². The predicted molar refractivity (Wildman–Crippen MR) is 69.7 cm³/mol. The lowest BCUT2D eigenvalue weighted by molar-refractivity contribution is 0.116. The average molecular weight is 251 g/mol. The molecule has 4 heteroatoms. The van der Waals surface area contributed by atoms with Crippen LogP contribution in [0.2, 0.25) is 0 Å². The van der Waals surface area contributed by atoms with E-state index in [-0.39, 0.29) is 0 Å². The zero-order chi connectivity index (χ0) is 12.6. The highest BCUT2D eigenvalue weighted by atomic mass is 16.7. The maximum absolute atomic E-state index is 5.63. The monoisotopic (exact) mass is 251 g/mol. The molecule has 0 bridgehead atoms. The fraction of sp³-hybridized carbons (Fsp3) is 0.571. The van der Waals surface area contributed by atoms with Gasteiger partial charge in [0.15, 0.2) is 11.5 Å². The summed E-state index contributed by atoms with van der Waals surface area (Å²) in [4.78, 5) is 0. The van der Waals surface area contributed by atoms with Gasteiger partial charge in [-0.05, 0) is 37.1 Å². The smallest absolute Gasteiger partial charge is 0.231 e. The molecule has 0 unspecified atom stereocenters. The maximum Gasteiger partial charge on any atom is 0.231 e. The molecule has 0 aromatic heterocycles. The van der Waals surface area contributed by atoms with Crippen molar-refractivity contribution in [1.29, 1.82) is 0 Å². The van der Waals surface area contributed by atoms with E-state index in [4.69, 9.17) is 19.9 Å². The zero-order valence-corrected chi connectivity index (χ0v) is 10.7. The van der Waals surface area contributed by atoms with Gasteiger partial charge in [0.2, 0.25) is 6.79 Å². The lowest BCUT2D eigenvalue weighted by atomic mass is 10.2. The summed E-state index contributed by atoms with van der Waals surface area (Å²) in [6.45, 7) is 2.55. The second-order valence-corrected chi connectivity index (χ2v) is 4.44. The van der Waals surface area contributed by atoms with E-state index in [1.165, 1.54) is 12.8 Å². The SMILES string of the molecule is NCCCCCCOCc1ccc2c(c1)OCO2. The Morgan fingerprint density at radius 2 is 1.89 bits per heavy atom. The number of unbranched alkanes of at least 4 members (excludes halogenated alkanes) is 3. The maximum atomic E-state index is 5.63. The summed E-state index contributed by atoms with van der Waals surface area (Å²) in [7, 11) is 0. The first-order valence-corrected chi connectivity index (χ1v) is 6.56. The normalized spacial score (nSPS) is 12.9. The standard InChI is InChI=1S/C14H21NO3/c15-7-3-1-2-4-8-16-10-12-5-6-13-14(9-12)18-11-17-13/h5-6,9H,1-4,7-8,10-11,15H2. The molecular weight excluding hydrogens is 230 g/mol. The molecule has 0 spiro atoms. The zero-order valence-electron chi connectivity index (χ0n) is 10.7. The third-order valence-electron chi connectivity index (χ3n) is 2.95. The minimum atomic E-state index is 0.320. The van der Waals surface area contributed by atoms with E-state index >= 15 is 0 Å². The average Bonchev–Trinajstić information content (AvgIpc) is 2.85. The van der Waals surface area contributed by atoms with Crippen molar-refractivity contribution in [2.45, 2.75) is 32.3 Å². The highest BCUT2D eigenvalue weighted by molar-refractivity contribution is 5.44. The van der Waals surface area contributed by atoms with E-state index in [9.17, 15) is 0 Å². The van der Waals surface area contributed by atoms with Crippen molar-refractivity contribution in [3.63, 3.8) is 0 Å². The van der Waals surface area contributed by atoms with Crippen LogP contribution in [0.3, 0.4) is 0 Å². The predicted octanol–water partition coefficient (Wildman–Crippen LogP) is 2.45. The summed E-state index contributed by atoms with van der Waals surface area (Å²) in [6, 6.07) is 5.93. The number of fused-ring (bicyclic) bond motifs is 1. The molecule has 100 valence electrons. The summed E-state index contributed by atoms with van der Waals surface area (Å²) >= 11 is 0. The number of nitrogens with two attached hydrogens (primary N) is 1. The number of rotatable bonds is 8. The molecule has 1 aromatic rings. The van der Waals surface area contributed by atoms with Gasteiger partial charge >= 0.3 is 0 Å². The van der Waals surface area contributed by atoms with Crippen LogP contribution in [0.15, 0.2) is 18.2 Å². The van der Waals surface area contributed by atoms with Gasteiger partial charge in [-0.15, -0.1) is 0 Å². The van der Waals surface area contributed by atoms with Crippen molar-refractivity contribution >= 4 is 0 Å². The quantitative estimate of drug-likeness (QED) is 0.721. The van der Waals surface area contributed by atoms with Crippen LogP contribution in [0.5, 0.6) is 11.5 Å². The van der Waals surface area contributed by atoms with Crippen LogP contribution in [0.25, 0.3) is 0 Å². The van der Waals surface area contributed by atoms with Gasteiger partial charge in [-0.3, -0.25) is 0 Å². The highest BCUT2D eigenvalue weighted by Crippen LogP contribution is 2.32. The fourth-order valence-corrected chi connectivity index (χ4v) is 1.92. The third kappa shape index (κ3) is 3.89. The molecule has 0 atom stereocenters. The van der Waals surface area contributed by atoms with Gasteiger partial charge in [0.1, 0.15) is 0 Å². The molecule has 18 heavy (non-hydrogen) atoms. The largest absolute Gasteiger partial charge is 0.454 e.